The molecule has 4 unspecified atom stereocenters. The van der Waals surface area contributed by atoms with E-state index in [1.165, 1.54) is 5.56 Å². The van der Waals surface area contributed by atoms with Gasteiger partial charge in [-0.15, -0.1) is 0 Å². The van der Waals surface area contributed by atoms with E-state index in [0.29, 0.717) is 18.0 Å². The number of rotatable bonds is 1. The van der Waals surface area contributed by atoms with Gasteiger partial charge in [0, 0.05) is 18.0 Å². The van der Waals surface area contributed by atoms with Gasteiger partial charge in [0.15, 0.2) is 5.60 Å². The van der Waals surface area contributed by atoms with E-state index in [1.54, 1.807) is 0 Å². The summed E-state index contributed by atoms with van der Waals surface area (Å²) in [5.74, 6) is 0.370. The number of likely N-dealkylation sites (tertiary alicyclic amines) is 1. The van der Waals surface area contributed by atoms with E-state index in [0.717, 1.165) is 12.1 Å². The zero-order chi connectivity index (χ0) is 16.6. The number of benzene rings is 1. The van der Waals surface area contributed by atoms with Gasteiger partial charge in [0.1, 0.15) is 0 Å². The van der Waals surface area contributed by atoms with Crippen LogP contribution in [0.15, 0.2) is 35.5 Å². The fourth-order valence-corrected chi connectivity index (χ4v) is 4.90. The van der Waals surface area contributed by atoms with Gasteiger partial charge in [-0.1, -0.05) is 56.3 Å². The van der Waals surface area contributed by atoms with Crippen LogP contribution in [0.1, 0.15) is 53.5 Å². The number of oxime groups is 1. The van der Waals surface area contributed by atoms with Crippen LogP contribution < -0.4 is 0 Å². The highest BCUT2D eigenvalue weighted by Gasteiger charge is 2.79. The molecule has 1 saturated heterocycles. The lowest BCUT2D eigenvalue weighted by molar-refractivity contribution is 0.0230. The Hall–Kier alpha value is -1.35. The average Bonchev–Trinajstić information content (AvgIpc) is 2.88. The van der Waals surface area contributed by atoms with Crippen molar-refractivity contribution >= 4 is 5.71 Å². The Morgan fingerprint density at radius 2 is 1.74 bits per heavy atom. The molecule has 1 spiro atoms. The molecule has 0 amide bonds. The van der Waals surface area contributed by atoms with E-state index in [2.05, 4.69) is 81.9 Å². The highest BCUT2D eigenvalue weighted by molar-refractivity contribution is 6.05. The largest absolute Gasteiger partial charge is 0.386 e. The lowest BCUT2D eigenvalue weighted by Crippen LogP contribution is -2.55. The van der Waals surface area contributed by atoms with Crippen molar-refractivity contribution in [1.82, 2.24) is 4.90 Å². The summed E-state index contributed by atoms with van der Waals surface area (Å²) in [6, 6.07) is 11.5. The number of piperidine rings is 1. The van der Waals surface area contributed by atoms with Crippen molar-refractivity contribution in [2.24, 2.45) is 16.5 Å². The standard InChI is InChI=1S/C20H28N2O/c1-18(2,3)17-15-16(13-10-8-7-9-11-13)21-23-20(15)12-14(20)22(17)19(4,5)6/h7-11,14-15,17H,12H2,1-6H3. The fraction of sp³-hybridized carbons (Fsp3) is 0.650. The summed E-state index contributed by atoms with van der Waals surface area (Å²) in [6.45, 7) is 14.1. The van der Waals surface area contributed by atoms with Crippen molar-refractivity contribution in [2.45, 2.75) is 71.2 Å². The minimum Gasteiger partial charge on any atom is -0.386 e. The highest BCUT2D eigenvalue weighted by Crippen LogP contribution is 2.65. The second-order valence-corrected chi connectivity index (χ2v) is 9.48. The fourth-order valence-electron chi connectivity index (χ4n) is 4.90. The van der Waals surface area contributed by atoms with Crippen molar-refractivity contribution in [3.63, 3.8) is 0 Å². The maximum absolute atomic E-state index is 6.10. The molecule has 2 heterocycles. The van der Waals surface area contributed by atoms with Crippen LogP contribution in [0.5, 0.6) is 0 Å². The van der Waals surface area contributed by atoms with Crippen molar-refractivity contribution < 1.29 is 4.84 Å². The summed E-state index contributed by atoms with van der Waals surface area (Å²) in [4.78, 5) is 8.82. The summed E-state index contributed by atoms with van der Waals surface area (Å²) < 4.78 is 0. The molecule has 3 heteroatoms. The molecule has 0 N–H and O–H groups in total. The summed E-state index contributed by atoms with van der Waals surface area (Å²) in [6.07, 6.45) is 1.11. The smallest absolute Gasteiger partial charge is 0.164 e. The topological polar surface area (TPSA) is 24.8 Å². The van der Waals surface area contributed by atoms with Crippen molar-refractivity contribution in [3.05, 3.63) is 35.9 Å². The van der Waals surface area contributed by atoms with Crippen LogP contribution in [0.4, 0.5) is 0 Å². The lowest BCUT2D eigenvalue weighted by atomic mass is 9.73. The third-order valence-corrected chi connectivity index (χ3v) is 5.73. The SMILES string of the molecule is CC(C)(C)C1C2C(c3ccccc3)=NOC23CC3N1C(C)(C)C. The van der Waals surface area contributed by atoms with E-state index < -0.39 is 0 Å². The Morgan fingerprint density at radius 1 is 1.09 bits per heavy atom. The predicted molar refractivity (Wildman–Crippen MR) is 93.5 cm³/mol. The quantitative estimate of drug-likeness (QED) is 0.780. The van der Waals surface area contributed by atoms with Gasteiger partial charge < -0.3 is 4.84 Å². The predicted octanol–water partition coefficient (Wildman–Crippen LogP) is 4.08. The molecule has 1 aromatic rings. The Bertz CT molecular complexity index is 652. The molecule has 2 aliphatic heterocycles. The Labute approximate surface area is 139 Å². The van der Waals surface area contributed by atoms with E-state index in [-0.39, 0.29) is 16.6 Å². The molecule has 4 atom stereocenters. The molecule has 124 valence electrons. The lowest BCUT2D eigenvalue weighted by Gasteiger charge is -2.46. The first-order chi connectivity index (χ1) is 10.7. The molecule has 3 nitrogen and oxygen atoms in total. The van der Waals surface area contributed by atoms with E-state index in [1.807, 2.05) is 0 Å². The van der Waals surface area contributed by atoms with Gasteiger partial charge >= 0.3 is 0 Å². The van der Waals surface area contributed by atoms with Crippen molar-refractivity contribution in [1.29, 1.82) is 0 Å². The monoisotopic (exact) mass is 312 g/mol. The second kappa shape index (κ2) is 4.38. The maximum atomic E-state index is 6.10. The van der Waals surface area contributed by atoms with Gasteiger partial charge in [-0.25, -0.2) is 0 Å². The van der Waals surface area contributed by atoms with Crippen LogP contribution in [-0.2, 0) is 4.84 Å². The molecule has 4 rings (SSSR count). The zero-order valence-corrected chi connectivity index (χ0v) is 15.1. The molecular weight excluding hydrogens is 284 g/mol. The molecule has 1 saturated carbocycles. The molecule has 3 aliphatic rings. The average molecular weight is 312 g/mol. The first kappa shape index (κ1) is 15.2. The van der Waals surface area contributed by atoms with E-state index in [4.69, 9.17) is 4.84 Å². The van der Waals surface area contributed by atoms with Crippen LogP contribution in [0.2, 0.25) is 0 Å². The minimum absolute atomic E-state index is 0.0730. The normalized spacial score (nSPS) is 36.3. The minimum atomic E-state index is -0.0730. The van der Waals surface area contributed by atoms with Gasteiger partial charge in [-0.3, -0.25) is 4.90 Å². The first-order valence-corrected chi connectivity index (χ1v) is 8.76. The molecular formula is C20H28N2O. The van der Waals surface area contributed by atoms with Gasteiger partial charge in [0.25, 0.3) is 0 Å². The van der Waals surface area contributed by atoms with Crippen molar-refractivity contribution in [2.75, 3.05) is 0 Å². The van der Waals surface area contributed by atoms with Crippen LogP contribution in [0.25, 0.3) is 0 Å². The third kappa shape index (κ3) is 2.02. The summed E-state index contributed by atoms with van der Waals surface area (Å²) in [7, 11) is 0. The van der Waals surface area contributed by atoms with Crippen LogP contribution in [0, 0.1) is 11.3 Å². The van der Waals surface area contributed by atoms with Crippen molar-refractivity contribution in [3.8, 4) is 0 Å². The second-order valence-electron chi connectivity index (χ2n) is 9.48. The first-order valence-electron chi connectivity index (χ1n) is 8.76. The van der Waals surface area contributed by atoms with Crippen LogP contribution in [0.3, 0.4) is 0 Å². The van der Waals surface area contributed by atoms with Gasteiger partial charge in [0.2, 0.25) is 0 Å². The third-order valence-electron chi connectivity index (χ3n) is 5.73. The van der Waals surface area contributed by atoms with Gasteiger partial charge in [-0.2, -0.15) is 0 Å². The maximum Gasteiger partial charge on any atom is 0.164 e. The molecule has 2 fully saturated rings. The van der Waals surface area contributed by atoms with Crippen LogP contribution >= 0.6 is 0 Å². The van der Waals surface area contributed by atoms with Crippen LogP contribution in [-0.4, -0.2) is 33.8 Å². The van der Waals surface area contributed by atoms with Gasteiger partial charge in [-0.05, 0) is 31.7 Å². The highest BCUT2D eigenvalue weighted by atomic mass is 16.7. The number of hydrogen-bond donors (Lipinski definition) is 0. The van der Waals surface area contributed by atoms with Gasteiger partial charge in [0.05, 0.1) is 17.7 Å². The molecule has 0 bridgehead atoms. The molecule has 23 heavy (non-hydrogen) atoms. The Morgan fingerprint density at radius 3 is 2.30 bits per heavy atom. The molecule has 0 aromatic heterocycles. The Balaban J connectivity index is 1.80. The summed E-state index contributed by atoms with van der Waals surface area (Å²) in [5, 5.41) is 4.57. The Kier molecular flexibility index (Phi) is 2.90. The number of nitrogens with zero attached hydrogens (tertiary/aromatic N) is 2. The molecule has 1 aromatic carbocycles. The van der Waals surface area contributed by atoms with E-state index >= 15 is 0 Å². The summed E-state index contributed by atoms with van der Waals surface area (Å²) in [5.41, 5.74) is 2.62. The molecule has 1 aliphatic carbocycles. The van der Waals surface area contributed by atoms with E-state index in [9.17, 15) is 0 Å². The summed E-state index contributed by atoms with van der Waals surface area (Å²) >= 11 is 0. The number of hydrogen-bond acceptors (Lipinski definition) is 3. The molecule has 0 radical (unpaired) electrons. The zero-order valence-electron chi connectivity index (χ0n) is 15.1.